The Hall–Kier alpha value is -6.02. The van der Waals surface area contributed by atoms with Gasteiger partial charge < -0.3 is 9.80 Å². The first-order valence-corrected chi connectivity index (χ1v) is 27.6. The predicted octanol–water partition coefficient (Wildman–Crippen LogP) is 12.0. The van der Waals surface area contributed by atoms with Gasteiger partial charge in [-0.15, -0.1) is 12.4 Å². The third-order valence-electron chi connectivity index (χ3n) is 14.4. The standard InChI is InChI=1S/2C19H27N3O.C13H16N2O.C10H12N2.ClH/c2*1-14(2)18-17(16-9-5-8-12-22(16)20-18)19(23)15(3)13-21-10-6-4-7-11-21;1-4-11(16)12-10-7-5-6-8-15(10)14-13(12)9(2)3;1-8(2)10-7-9-5-3-4-6-12(9)11-10;/h2*5,8-9,12,14-15H,4,6-7,10-11,13H2,1-3H3;5-9H,4H2,1-3H3;3-8H,1-2H3;1H/p+1. The number of quaternary nitrogens is 1. The number of carbonyl (C=O) groups is 3. The smallest absolute Gasteiger partial charge is 0.175 e. The number of rotatable bonds is 14. The van der Waals surface area contributed by atoms with Gasteiger partial charge in [-0.05, 0) is 130 Å². The van der Waals surface area contributed by atoms with E-state index >= 15 is 0 Å². The van der Waals surface area contributed by atoms with E-state index in [1.807, 2.05) is 112 Å². The maximum Gasteiger partial charge on any atom is 0.175 e. The van der Waals surface area contributed by atoms with E-state index in [-0.39, 0.29) is 59.3 Å². The zero-order valence-electron chi connectivity index (χ0n) is 46.6. The molecule has 0 spiro atoms. The van der Waals surface area contributed by atoms with Crippen molar-refractivity contribution in [1.82, 2.24) is 43.4 Å². The number of fused-ring (bicyclic) bond motifs is 4. The van der Waals surface area contributed by atoms with Gasteiger partial charge in [0.2, 0.25) is 0 Å². The van der Waals surface area contributed by atoms with Crippen LogP contribution in [0, 0.1) is 11.8 Å². The highest BCUT2D eigenvalue weighted by molar-refractivity contribution is 6.06. The lowest BCUT2D eigenvalue weighted by Gasteiger charge is -2.28. The molecule has 2 atom stereocenters. The number of ketones is 3. The van der Waals surface area contributed by atoms with Crippen LogP contribution in [0.15, 0.2) is 104 Å². The van der Waals surface area contributed by atoms with Crippen LogP contribution in [0.25, 0.3) is 22.1 Å². The van der Waals surface area contributed by atoms with E-state index in [0.717, 1.165) is 82.2 Å². The van der Waals surface area contributed by atoms with Gasteiger partial charge in [-0.25, -0.2) is 18.1 Å². The molecule has 8 aromatic heterocycles. The number of carbonyl (C=O) groups excluding carboxylic acids is 3. The second-order valence-electron chi connectivity index (χ2n) is 21.8. The molecule has 2 aliphatic heterocycles. The molecular weight excluding hydrogens is 956 g/mol. The topological polar surface area (TPSA) is 128 Å². The monoisotopic (exact) mass is 1040 g/mol. The fourth-order valence-corrected chi connectivity index (χ4v) is 10.4. The Morgan fingerprint density at radius 2 is 0.933 bits per heavy atom. The van der Waals surface area contributed by atoms with Crippen LogP contribution in [0.3, 0.4) is 0 Å². The van der Waals surface area contributed by atoms with E-state index in [1.54, 1.807) is 9.42 Å². The summed E-state index contributed by atoms with van der Waals surface area (Å²) in [5.74, 6) is 2.00. The lowest BCUT2D eigenvalue weighted by Crippen LogP contribution is -3.13. The fourth-order valence-electron chi connectivity index (χ4n) is 10.4. The number of nitrogens with one attached hydrogen (secondary N) is 1. The Bertz CT molecular complexity index is 2960. The van der Waals surface area contributed by atoms with Crippen molar-refractivity contribution in [2.24, 2.45) is 11.8 Å². The van der Waals surface area contributed by atoms with Gasteiger partial charge >= 0.3 is 0 Å². The van der Waals surface area contributed by atoms with Gasteiger partial charge in [0.1, 0.15) is 0 Å². The zero-order chi connectivity index (χ0) is 53.1. The molecule has 8 aromatic rings. The normalized spacial score (nSPS) is 15.1. The van der Waals surface area contributed by atoms with Crippen molar-refractivity contribution < 1.29 is 19.3 Å². The number of likely N-dealkylation sites (tertiary alicyclic amines) is 2. The summed E-state index contributed by atoms with van der Waals surface area (Å²) in [7, 11) is 0. The van der Waals surface area contributed by atoms with E-state index in [0.29, 0.717) is 12.3 Å². The molecule has 2 aliphatic rings. The van der Waals surface area contributed by atoms with Crippen LogP contribution in [-0.4, -0.2) is 100.0 Å². The largest absolute Gasteiger partial charge is 0.334 e. The first-order valence-electron chi connectivity index (χ1n) is 27.6. The Morgan fingerprint density at radius 1 is 0.507 bits per heavy atom. The third-order valence-corrected chi connectivity index (χ3v) is 14.4. The van der Waals surface area contributed by atoms with Crippen molar-refractivity contribution in [2.75, 3.05) is 39.3 Å². The van der Waals surface area contributed by atoms with Gasteiger partial charge in [-0.2, -0.15) is 20.4 Å². The van der Waals surface area contributed by atoms with Gasteiger partial charge in [-0.1, -0.05) is 99.9 Å². The highest BCUT2D eigenvalue weighted by Gasteiger charge is 2.30. The lowest BCUT2D eigenvalue weighted by molar-refractivity contribution is -0.906. The second-order valence-corrected chi connectivity index (χ2v) is 21.8. The molecule has 0 bridgehead atoms. The number of aromatic nitrogens is 8. The van der Waals surface area contributed by atoms with Crippen molar-refractivity contribution in [3.63, 3.8) is 0 Å². The number of halogens is 1. The van der Waals surface area contributed by atoms with Crippen LogP contribution in [0.5, 0.6) is 0 Å². The fraction of sp³-hybridized carbons (Fsp3) is 0.492. The summed E-state index contributed by atoms with van der Waals surface area (Å²) in [5, 5.41) is 18.2. The summed E-state index contributed by atoms with van der Waals surface area (Å²) in [6, 6.07) is 25.9. The quantitative estimate of drug-likeness (QED) is 0.107. The molecule has 14 heteroatoms. The van der Waals surface area contributed by atoms with Crippen molar-refractivity contribution in [3.05, 3.63) is 143 Å². The molecule has 0 aliphatic carbocycles. The molecule has 10 rings (SSSR count). The maximum atomic E-state index is 13.2. The average molecular weight is 1040 g/mol. The molecule has 75 heavy (non-hydrogen) atoms. The molecule has 10 heterocycles. The summed E-state index contributed by atoms with van der Waals surface area (Å²) in [5.41, 5.74) is 10.3. The third kappa shape index (κ3) is 14.3. The number of Topliss-reactive ketones (excluding diaryl/α,β-unsaturated/α-hetero) is 3. The average Bonchev–Trinajstić information content (AvgIpc) is 4.21. The Balaban J connectivity index is 0.000000166. The van der Waals surface area contributed by atoms with Crippen molar-refractivity contribution in [1.29, 1.82) is 0 Å². The first kappa shape index (κ1) is 58.2. The van der Waals surface area contributed by atoms with Gasteiger partial charge in [0.15, 0.2) is 17.3 Å². The number of hydrogen-bond donors (Lipinski definition) is 1. The van der Waals surface area contributed by atoms with Crippen LogP contribution in [0.1, 0.15) is 199 Å². The van der Waals surface area contributed by atoms with Crippen LogP contribution in [0.4, 0.5) is 0 Å². The predicted molar refractivity (Wildman–Crippen MR) is 306 cm³/mol. The molecule has 13 nitrogen and oxygen atoms in total. The molecule has 2 saturated heterocycles. The highest BCUT2D eigenvalue weighted by atomic mass is 35.5. The van der Waals surface area contributed by atoms with E-state index in [1.165, 1.54) is 57.1 Å². The number of piperidine rings is 2. The minimum absolute atomic E-state index is 0. The Morgan fingerprint density at radius 3 is 1.39 bits per heavy atom. The molecule has 0 aromatic carbocycles. The Labute approximate surface area is 451 Å². The molecular formula is C61H84ClN10O3+. The number of pyridine rings is 4. The molecule has 2 fully saturated rings. The number of hydrogen-bond acceptors (Lipinski definition) is 8. The molecule has 2 unspecified atom stereocenters. The van der Waals surface area contributed by atoms with Crippen molar-refractivity contribution >= 4 is 51.8 Å². The van der Waals surface area contributed by atoms with E-state index in [4.69, 9.17) is 0 Å². The van der Waals surface area contributed by atoms with Crippen LogP contribution in [-0.2, 0) is 0 Å². The molecule has 0 radical (unpaired) electrons. The van der Waals surface area contributed by atoms with Gasteiger partial charge in [0.25, 0.3) is 0 Å². The maximum absolute atomic E-state index is 13.2. The van der Waals surface area contributed by atoms with E-state index < -0.39 is 0 Å². The van der Waals surface area contributed by atoms with Crippen LogP contribution < -0.4 is 4.90 Å². The molecule has 0 saturated carbocycles. The van der Waals surface area contributed by atoms with Crippen LogP contribution in [0.2, 0.25) is 0 Å². The van der Waals surface area contributed by atoms with Gasteiger partial charge in [0, 0.05) is 43.7 Å². The minimum atomic E-state index is 0. The molecule has 0 amide bonds. The molecule has 1 N–H and O–H groups in total. The highest BCUT2D eigenvalue weighted by Crippen LogP contribution is 2.28. The van der Waals surface area contributed by atoms with E-state index in [9.17, 15) is 14.4 Å². The SMILES string of the molecule is CC(C)c1cc2ccccn2n1.CC(CN1CCCCC1)C(=O)c1c(C(C)C)nn2ccccc12.CC(C[NH+]1CCCCC1)C(=O)c1c(C(C)C)nn2ccccc12.CCC(=O)c1c(C(C)C)nn2ccccc12.Cl. The summed E-state index contributed by atoms with van der Waals surface area (Å²) >= 11 is 0. The second kappa shape index (κ2) is 27.2. The summed E-state index contributed by atoms with van der Waals surface area (Å²) in [6.07, 6.45) is 16.0. The zero-order valence-corrected chi connectivity index (χ0v) is 47.4. The summed E-state index contributed by atoms with van der Waals surface area (Å²) < 4.78 is 7.40. The Kier molecular flexibility index (Phi) is 21.1. The minimum Gasteiger partial charge on any atom is -0.334 e. The van der Waals surface area contributed by atoms with Crippen LogP contribution >= 0.6 is 12.4 Å². The first-order chi connectivity index (χ1) is 35.6. The van der Waals surface area contributed by atoms with Crippen molar-refractivity contribution in [3.8, 4) is 0 Å². The van der Waals surface area contributed by atoms with Crippen molar-refractivity contribution in [2.45, 2.75) is 145 Å². The van der Waals surface area contributed by atoms with Gasteiger partial charge in [-0.3, -0.25) is 14.4 Å². The number of nitrogens with zero attached hydrogens (tertiary/aromatic N) is 9. The summed E-state index contributed by atoms with van der Waals surface area (Å²) in [6.45, 7) is 29.4. The van der Waals surface area contributed by atoms with E-state index in [2.05, 4.69) is 107 Å². The van der Waals surface area contributed by atoms with Gasteiger partial charge in [0.05, 0.1) is 87.1 Å². The molecule has 402 valence electrons. The summed E-state index contributed by atoms with van der Waals surface area (Å²) in [4.78, 5) is 42.3. The lowest BCUT2D eigenvalue weighted by atomic mass is 9.93.